The quantitative estimate of drug-likeness (QED) is 0.226. The minimum absolute atomic E-state index is 0.706. The van der Waals surface area contributed by atoms with Gasteiger partial charge in [0.05, 0.1) is 6.42 Å². The molecule has 2 saturated heterocycles. The standard InChI is InChI=1S/C21H23F6NO13/c1-7(29)35-6-12-14(36-8(2)30)15(37-9(3)31)16(38-10(4)32)17(39-12)28-13(33)5-11-18(34)41-19(40-11,20(22,23)24)21(25,26)27/h11-12,14-17H,5-6H2,1-4H3,(H,28,33)/t11-,12+,14+,15-,16+,17+/m0/s1. The van der Waals surface area contributed by atoms with Gasteiger partial charge in [0, 0.05) is 27.7 Å². The van der Waals surface area contributed by atoms with Gasteiger partial charge in [0.2, 0.25) is 5.91 Å². The number of nitrogens with one attached hydrogen (secondary N) is 1. The number of carbonyl (C=O) groups is 6. The minimum Gasteiger partial charge on any atom is -0.463 e. The van der Waals surface area contributed by atoms with Gasteiger partial charge in [-0.2, -0.15) is 26.3 Å². The molecular formula is C21H23F6NO13. The molecule has 2 heterocycles. The van der Waals surface area contributed by atoms with Crippen LogP contribution < -0.4 is 5.32 Å². The molecule has 0 aliphatic carbocycles. The van der Waals surface area contributed by atoms with E-state index in [2.05, 4.69) is 9.47 Å². The van der Waals surface area contributed by atoms with E-state index in [9.17, 15) is 55.1 Å². The fourth-order valence-electron chi connectivity index (χ4n) is 3.75. The Morgan fingerprint density at radius 3 is 1.73 bits per heavy atom. The predicted octanol–water partition coefficient (Wildman–Crippen LogP) is 0.339. The summed E-state index contributed by atoms with van der Waals surface area (Å²) in [6, 6.07) is 0. The Bertz CT molecular complexity index is 1050. The smallest absolute Gasteiger partial charge is 0.463 e. The summed E-state index contributed by atoms with van der Waals surface area (Å²) < 4.78 is 112. The summed E-state index contributed by atoms with van der Waals surface area (Å²) in [5.74, 6) is -12.9. The Morgan fingerprint density at radius 2 is 1.29 bits per heavy atom. The SMILES string of the molecule is CC(=O)OC[C@H]1O[C@@H](NC(=O)C[C@@H]2OC(C(F)(F)F)(C(F)(F)F)OC2=O)[C@H](OC(C)=O)[C@@H](OC(C)=O)[C@@H]1OC(C)=O. The van der Waals surface area contributed by atoms with Gasteiger partial charge in [-0.3, -0.25) is 24.0 Å². The number of halogens is 6. The van der Waals surface area contributed by atoms with E-state index in [1.807, 2.05) is 5.32 Å². The monoisotopic (exact) mass is 611 g/mol. The fraction of sp³-hybridized carbons (Fsp3) is 0.714. The molecule has 20 heteroatoms. The molecule has 0 spiro atoms. The molecule has 1 amide bonds. The lowest BCUT2D eigenvalue weighted by atomic mass is 9.97. The van der Waals surface area contributed by atoms with Gasteiger partial charge >= 0.3 is 48.0 Å². The van der Waals surface area contributed by atoms with Gasteiger partial charge in [0.15, 0.2) is 30.6 Å². The number of cyclic esters (lactones) is 1. The maximum Gasteiger partial charge on any atom is 0.465 e. The van der Waals surface area contributed by atoms with Crippen LogP contribution in [-0.4, -0.2) is 97.2 Å². The number of esters is 5. The molecule has 2 fully saturated rings. The van der Waals surface area contributed by atoms with Crippen molar-refractivity contribution in [2.45, 2.75) is 89.0 Å². The van der Waals surface area contributed by atoms with Crippen LogP contribution in [0.5, 0.6) is 0 Å². The third-order valence-corrected chi connectivity index (χ3v) is 5.23. The van der Waals surface area contributed by atoms with Gasteiger partial charge in [0.25, 0.3) is 0 Å². The molecule has 2 rings (SSSR count). The Kier molecular flexibility index (Phi) is 10.2. The average molecular weight is 611 g/mol. The molecule has 0 bridgehead atoms. The highest BCUT2D eigenvalue weighted by atomic mass is 19.4. The lowest BCUT2D eigenvalue weighted by Crippen LogP contribution is -2.66. The second kappa shape index (κ2) is 12.5. The summed E-state index contributed by atoms with van der Waals surface area (Å²) in [5.41, 5.74) is 0. The summed E-state index contributed by atoms with van der Waals surface area (Å²) in [5, 5.41) is 1.96. The Morgan fingerprint density at radius 1 is 0.805 bits per heavy atom. The van der Waals surface area contributed by atoms with E-state index in [0.717, 1.165) is 27.7 Å². The van der Waals surface area contributed by atoms with Gasteiger partial charge in [-0.25, -0.2) is 4.79 Å². The zero-order chi connectivity index (χ0) is 31.5. The molecule has 14 nitrogen and oxygen atoms in total. The molecule has 0 unspecified atom stereocenters. The number of carbonyl (C=O) groups excluding carboxylic acids is 6. The van der Waals surface area contributed by atoms with E-state index in [1.165, 1.54) is 0 Å². The maximum atomic E-state index is 13.2. The first-order valence-electron chi connectivity index (χ1n) is 11.3. The highest BCUT2D eigenvalue weighted by Gasteiger charge is 2.80. The van der Waals surface area contributed by atoms with Gasteiger partial charge < -0.3 is 38.5 Å². The number of alkyl halides is 6. The van der Waals surface area contributed by atoms with Crippen LogP contribution >= 0.6 is 0 Å². The van der Waals surface area contributed by atoms with Crippen molar-refractivity contribution in [1.82, 2.24) is 5.32 Å². The van der Waals surface area contributed by atoms with Crippen LogP contribution in [0.3, 0.4) is 0 Å². The molecular weight excluding hydrogens is 588 g/mol. The zero-order valence-electron chi connectivity index (χ0n) is 21.5. The molecule has 0 saturated carbocycles. The van der Waals surface area contributed by atoms with Crippen molar-refractivity contribution >= 4 is 35.8 Å². The number of hydrogen-bond donors (Lipinski definition) is 1. The van der Waals surface area contributed by atoms with E-state index in [1.54, 1.807) is 0 Å². The fourth-order valence-corrected chi connectivity index (χ4v) is 3.75. The lowest BCUT2D eigenvalue weighted by Gasteiger charge is -2.44. The maximum absolute atomic E-state index is 13.2. The molecule has 6 atom stereocenters. The third kappa shape index (κ3) is 7.96. The first-order valence-corrected chi connectivity index (χ1v) is 11.3. The van der Waals surface area contributed by atoms with Crippen molar-refractivity contribution in [3.8, 4) is 0 Å². The molecule has 41 heavy (non-hydrogen) atoms. The normalized spacial score (nSPS) is 27.7. The van der Waals surface area contributed by atoms with Crippen LogP contribution in [0.2, 0.25) is 0 Å². The highest BCUT2D eigenvalue weighted by Crippen LogP contribution is 2.50. The highest BCUT2D eigenvalue weighted by molar-refractivity contribution is 5.86. The van der Waals surface area contributed by atoms with Crippen molar-refractivity contribution in [2.75, 3.05) is 6.61 Å². The van der Waals surface area contributed by atoms with Gasteiger partial charge in [-0.15, -0.1) is 0 Å². The van der Waals surface area contributed by atoms with Crippen LogP contribution in [0.15, 0.2) is 0 Å². The van der Waals surface area contributed by atoms with Crippen molar-refractivity contribution < 1.29 is 88.3 Å². The van der Waals surface area contributed by atoms with Crippen LogP contribution in [0.25, 0.3) is 0 Å². The Labute approximate surface area is 225 Å². The largest absolute Gasteiger partial charge is 0.465 e. The number of amides is 1. The molecule has 0 aromatic rings. The lowest BCUT2D eigenvalue weighted by molar-refractivity contribution is -0.439. The molecule has 0 radical (unpaired) electrons. The first kappa shape index (κ1) is 33.5. The molecule has 0 aromatic heterocycles. The molecule has 232 valence electrons. The molecule has 1 N–H and O–H groups in total. The molecule has 2 aliphatic heterocycles. The van der Waals surface area contributed by atoms with Crippen LogP contribution in [0, 0.1) is 0 Å². The Balaban J connectivity index is 2.37. The number of rotatable bonds is 8. The second-order valence-corrected chi connectivity index (χ2v) is 8.53. The van der Waals surface area contributed by atoms with Crippen LogP contribution in [-0.2, 0) is 61.9 Å². The minimum atomic E-state index is -6.27. The van der Waals surface area contributed by atoms with Gasteiger partial charge in [-0.1, -0.05) is 0 Å². The third-order valence-electron chi connectivity index (χ3n) is 5.23. The summed E-state index contributed by atoms with van der Waals surface area (Å²) in [6.45, 7) is 2.98. The second-order valence-electron chi connectivity index (χ2n) is 8.53. The van der Waals surface area contributed by atoms with Crippen molar-refractivity contribution in [1.29, 1.82) is 0 Å². The summed E-state index contributed by atoms with van der Waals surface area (Å²) >= 11 is 0. The predicted molar refractivity (Wildman–Crippen MR) is 111 cm³/mol. The molecule has 2 aliphatic rings. The first-order chi connectivity index (χ1) is 18.7. The van der Waals surface area contributed by atoms with Crippen molar-refractivity contribution in [3.05, 3.63) is 0 Å². The number of ether oxygens (including phenoxy) is 7. The van der Waals surface area contributed by atoms with E-state index in [-0.39, 0.29) is 0 Å². The molecule has 0 aromatic carbocycles. The summed E-state index contributed by atoms with van der Waals surface area (Å²) in [6.07, 6.45) is -25.4. The van der Waals surface area contributed by atoms with Crippen LogP contribution in [0.1, 0.15) is 34.1 Å². The van der Waals surface area contributed by atoms with Crippen LogP contribution in [0.4, 0.5) is 26.3 Å². The van der Waals surface area contributed by atoms with E-state index in [4.69, 9.17) is 23.7 Å². The Hall–Kier alpha value is -3.68. The summed E-state index contributed by atoms with van der Waals surface area (Å²) in [4.78, 5) is 71.1. The van der Waals surface area contributed by atoms with Crippen molar-refractivity contribution in [3.63, 3.8) is 0 Å². The number of hydrogen-bond acceptors (Lipinski definition) is 13. The van der Waals surface area contributed by atoms with Crippen molar-refractivity contribution in [2.24, 2.45) is 0 Å². The van der Waals surface area contributed by atoms with E-state index < -0.39 is 104 Å². The topological polar surface area (TPSA) is 179 Å². The van der Waals surface area contributed by atoms with E-state index in [0.29, 0.717) is 0 Å². The van der Waals surface area contributed by atoms with E-state index >= 15 is 0 Å². The zero-order valence-corrected chi connectivity index (χ0v) is 21.5. The average Bonchev–Trinajstić information content (AvgIpc) is 3.13. The van der Waals surface area contributed by atoms with Gasteiger partial charge in [0.1, 0.15) is 12.7 Å². The summed E-state index contributed by atoms with van der Waals surface area (Å²) in [7, 11) is 0. The van der Waals surface area contributed by atoms with Gasteiger partial charge in [-0.05, 0) is 0 Å².